The summed E-state index contributed by atoms with van der Waals surface area (Å²) in [5.74, 6) is 0.836. The summed E-state index contributed by atoms with van der Waals surface area (Å²) in [6.07, 6.45) is 3.33. The van der Waals surface area contributed by atoms with Crippen LogP contribution in [0.5, 0.6) is 0 Å². The Morgan fingerprint density at radius 1 is 1.43 bits per heavy atom. The third-order valence-electron chi connectivity index (χ3n) is 4.37. The van der Waals surface area contributed by atoms with Gasteiger partial charge in [0.15, 0.2) is 0 Å². The van der Waals surface area contributed by atoms with Crippen molar-refractivity contribution in [3.05, 3.63) is 0 Å². The Morgan fingerprint density at radius 2 is 2.19 bits per heavy atom. The number of alkyl carbamates (subject to hydrolysis) is 1. The molecule has 0 radical (unpaired) electrons. The summed E-state index contributed by atoms with van der Waals surface area (Å²) in [6, 6.07) is 0.0285. The number of nitrogens with zero attached hydrogens (tertiary/aromatic N) is 1. The van der Waals surface area contributed by atoms with E-state index in [4.69, 9.17) is 9.84 Å². The Labute approximate surface area is 126 Å². The van der Waals surface area contributed by atoms with E-state index in [0.717, 1.165) is 38.8 Å². The lowest BCUT2D eigenvalue weighted by Crippen LogP contribution is -2.52. The maximum Gasteiger partial charge on any atom is 0.407 e. The van der Waals surface area contributed by atoms with Crippen molar-refractivity contribution in [1.82, 2.24) is 10.2 Å². The van der Waals surface area contributed by atoms with E-state index in [2.05, 4.69) is 10.2 Å². The summed E-state index contributed by atoms with van der Waals surface area (Å²) in [5.41, 5.74) is 0. The molecular formula is C15H28N2O4. The van der Waals surface area contributed by atoms with Gasteiger partial charge in [-0.05, 0) is 44.4 Å². The molecule has 2 rings (SSSR count). The molecule has 3 unspecified atom stereocenters. The van der Waals surface area contributed by atoms with Crippen molar-refractivity contribution in [3.63, 3.8) is 0 Å². The van der Waals surface area contributed by atoms with E-state index in [1.807, 2.05) is 0 Å². The van der Waals surface area contributed by atoms with E-state index in [0.29, 0.717) is 25.0 Å². The minimum Gasteiger partial charge on any atom is -0.450 e. The van der Waals surface area contributed by atoms with Crippen molar-refractivity contribution >= 4 is 6.09 Å². The SMILES string of the molecule is CCOC(=O)NC1CC(CC(O)C2CC2)CN(CCO)C1. The van der Waals surface area contributed by atoms with Crippen LogP contribution in [0.2, 0.25) is 0 Å². The van der Waals surface area contributed by atoms with Crippen molar-refractivity contribution in [1.29, 1.82) is 0 Å². The van der Waals surface area contributed by atoms with Gasteiger partial charge in [0.05, 0.1) is 19.3 Å². The van der Waals surface area contributed by atoms with Gasteiger partial charge in [-0.25, -0.2) is 4.79 Å². The quantitative estimate of drug-likeness (QED) is 0.640. The molecule has 1 saturated carbocycles. The molecule has 21 heavy (non-hydrogen) atoms. The number of rotatable bonds is 7. The van der Waals surface area contributed by atoms with Crippen LogP contribution in [0.1, 0.15) is 32.6 Å². The zero-order chi connectivity index (χ0) is 15.2. The molecule has 1 amide bonds. The lowest BCUT2D eigenvalue weighted by atomic mass is 9.88. The molecule has 6 heteroatoms. The van der Waals surface area contributed by atoms with Crippen molar-refractivity contribution in [2.75, 3.05) is 32.8 Å². The smallest absolute Gasteiger partial charge is 0.407 e. The fourth-order valence-electron chi connectivity index (χ4n) is 3.26. The van der Waals surface area contributed by atoms with Crippen molar-refractivity contribution < 1.29 is 19.7 Å². The Balaban J connectivity index is 1.85. The van der Waals surface area contributed by atoms with E-state index in [9.17, 15) is 9.90 Å². The van der Waals surface area contributed by atoms with Crippen LogP contribution in [0, 0.1) is 11.8 Å². The van der Waals surface area contributed by atoms with Crippen LogP contribution in [0.15, 0.2) is 0 Å². The standard InChI is InChI=1S/C15H28N2O4/c1-2-21-15(20)16-13-7-11(8-14(19)12-3-4-12)9-17(10-13)5-6-18/h11-14,18-19H,2-10H2,1H3,(H,16,20). The Kier molecular flexibility index (Phi) is 6.26. The number of hydrogen-bond donors (Lipinski definition) is 3. The number of likely N-dealkylation sites (tertiary alicyclic amines) is 1. The molecule has 2 fully saturated rings. The van der Waals surface area contributed by atoms with E-state index >= 15 is 0 Å². The maximum absolute atomic E-state index is 11.6. The van der Waals surface area contributed by atoms with Gasteiger partial charge in [0.25, 0.3) is 0 Å². The molecule has 1 heterocycles. The Hall–Kier alpha value is -0.850. The van der Waals surface area contributed by atoms with Gasteiger partial charge < -0.3 is 20.3 Å². The number of carbonyl (C=O) groups excluding carboxylic acids is 1. The highest BCUT2D eigenvalue weighted by Crippen LogP contribution is 2.36. The second kappa shape index (κ2) is 7.96. The van der Waals surface area contributed by atoms with Crippen LogP contribution in [0.4, 0.5) is 4.79 Å². The van der Waals surface area contributed by atoms with Gasteiger partial charge in [0.1, 0.15) is 0 Å². The van der Waals surface area contributed by atoms with Crippen LogP contribution in [0.3, 0.4) is 0 Å². The first-order chi connectivity index (χ1) is 10.1. The predicted molar refractivity (Wildman–Crippen MR) is 78.9 cm³/mol. The molecule has 0 aromatic heterocycles. The van der Waals surface area contributed by atoms with Gasteiger partial charge in [0, 0.05) is 25.7 Å². The van der Waals surface area contributed by atoms with Crippen LogP contribution < -0.4 is 5.32 Å². The molecule has 3 N–H and O–H groups in total. The summed E-state index contributed by atoms with van der Waals surface area (Å²) in [7, 11) is 0. The fraction of sp³-hybridized carbons (Fsp3) is 0.933. The third kappa shape index (κ3) is 5.45. The molecule has 1 aliphatic carbocycles. The first-order valence-electron chi connectivity index (χ1n) is 8.07. The van der Waals surface area contributed by atoms with Crippen LogP contribution in [0.25, 0.3) is 0 Å². The highest BCUT2D eigenvalue weighted by atomic mass is 16.5. The minimum absolute atomic E-state index is 0.0285. The minimum atomic E-state index is -0.380. The average molecular weight is 300 g/mol. The summed E-state index contributed by atoms with van der Waals surface area (Å²) >= 11 is 0. The topological polar surface area (TPSA) is 82.0 Å². The Bertz CT molecular complexity index is 336. The van der Waals surface area contributed by atoms with Gasteiger partial charge >= 0.3 is 6.09 Å². The zero-order valence-electron chi connectivity index (χ0n) is 12.8. The molecule has 3 atom stereocenters. The van der Waals surface area contributed by atoms with E-state index in [-0.39, 0.29) is 24.8 Å². The summed E-state index contributed by atoms with van der Waals surface area (Å²) in [6.45, 7) is 4.48. The molecule has 1 saturated heterocycles. The van der Waals surface area contributed by atoms with Crippen LogP contribution in [-0.4, -0.2) is 66.2 Å². The molecule has 2 aliphatic rings. The van der Waals surface area contributed by atoms with E-state index in [1.54, 1.807) is 6.92 Å². The molecular weight excluding hydrogens is 272 g/mol. The molecule has 0 spiro atoms. The molecule has 0 bridgehead atoms. The lowest BCUT2D eigenvalue weighted by molar-refractivity contribution is 0.0652. The van der Waals surface area contributed by atoms with Gasteiger partial charge in [-0.15, -0.1) is 0 Å². The number of aliphatic hydroxyl groups is 2. The molecule has 1 aliphatic heterocycles. The summed E-state index contributed by atoms with van der Waals surface area (Å²) in [4.78, 5) is 13.7. The molecule has 0 aromatic rings. The highest BCUT2D eigenvalue weighted by molar-refractivity contribution is 5.67. The number of aliphatic hydroxyl groups excluding tert-OH is 2. The first-order valence-corrected chi connectivity index (χ1v) is 8.07. The van der Waals surface area contributed by atoms with Crippen molar-refractivity contribution in [3.8, 4) is 0 Å². The maximum atomic E-state index is 11.6. The van der Waals surface area contributed by atoms with Gasteiger partial charge in [0.2, 0.25) is 0 Å². The number of ether oxygens (including phenoxy) is 1. The highest BCUT2D eigenvalue weighted by Gasteiger charge is 2.34. The molecule has 6 nitrogen and oxygen atoms in total. The number of piperidine rings is 1. The van der Waals surface area contributed by atoms with E-state index in [1.165, 1.54) is 0 Å². The number of carbonyl (C=O) groups is 1. The van der Waals surface area contributed by atoms with Crippen LogP contribution in [-0.2, 0) is 4.74 Å². The van der Waals surface area contributed by atoms with Gasteiger partial charge in [-0.1, -0.05) is 0 Å². The second-order valence-electron chi connectivity index (χ2n) is 6.29. The largest absolute Gasteiger partial charge is 0.450 e. The molecule has 0 aromatic carbocycles. The normalized spacial score (nSPS) is 28.1. The summed E-state index contributed by atoms with van der Waals surface area (Å²) < 4.78 is 4.94. The second-order valence-corrected chi connectivity index (χ2v) is 6.29. The van der Waals surface area contributed by atoms with Crippen molar-refractivity contribution in [2.45, 2.75) is 44.8 Å². The fourth-order valence-corrected chi connectivity index (χ4v) is 3.26. The van der Waals surface area contributed by atoms with Gasteiger partial charge in [-0.2, -0.15) is 0 Å². The molecule has 122 valence electrons. The number of hydrogen-bond acceptors (Lipinski definition) is 5. The predicted octanol–water partition coefficient (Wildman–Crippen LogP) is 0.576. The number of nitrogens with one attached hydrogen (secondary N) is 1. The number of β-amino-alcohol motifs (C(OH)–C–C–N with tert-alkyl or cyclic N) is 1. The average Bonchev–Trinajstić information content (AvgIpc) is 3.23. The number of amides is 1. The van der Waals surface area contributed by atoms with Gasteiger partial charge in [-0.3, -0.25) is 4.90 Å². The lowest BCUT2D eigenvalue weighted by Gasteiger charge is -2.38. The van der Waals surface area contributed by atoms with Crippen molar-refractivity contribution in [2.24, 2.45) is 11.8 Å². The first kappa shape index (κ1) is 16.5. The Morgan fingerprint density at radius 3 is 2.81 bits per heavy atom. The third-order valence-corrected chi connectivity index (χ3v) is 4.37. The zero-order valence-corrected chi connectivity index (χ0v) is 12.8. The van der Waals surface area contributed by atoms with Crippen LogP contribution >= 0.6 is 0 Å². The monoisotopic (exact) mass is 300 g/mol. The van der Waals surface area contributed by atoms with E-state index < -0.39 is 0 Å². The summed E-state index contributed by atoms with van der Waals surface area (Å²) in [5, 5.41) is 22.2.